The van der Waals surface area contributed by atoms with Gasteiger partial charge in [0.2, 0.25) is 5.91 Å². The first-order chi connectivity index (χ1) is 14.7. The maximum Gasteiger partial charge on any atom is 0.220 e. The van der Waals surface area contributed by atoms with Crippen molar-refractivity contribution < 1.29 is 4.79 Å². The first-order valence-corrected chi connectivity index (χ1v) is 11.4. The van der Waals surface area contributed by atoms with E-state index in [1.54, 1.807) is 0 Å². The van der Waals surface area contributed by atoms with Crippen molar-refractivity contribution in [2.75, 3.05) is 26.2 Å². The molecule has 1 aromatic heterocycles. The fraction of sp³-hybridized carbons (Fsp3) is 0.520. The van der Waals surface area contributed by atoms with Crippen LogP contribution in [0.25, 0.3) is 0 Å². The quantitative estimate of drug-likeness (QED) is 0.729. The number of piperidine rings is 1. The standard InChI is InChI=1S/C25H34N4O/c30-25(27-24-12-16-29(20-24)18-22-5-2-1-3-6-22)9-8-21-10-14-28(15-11-21)19-23-7-4-13-26-17-23/h1-7,13,17,21,24H,8-12,14-16,18-20H2,(H,27,30)/t24-/m1/s1. The Morgan fingerprint density at radius 2 is 1.67 bits per heavy atom. The number of likely N-dealkylation sites (tertiary alicyclic amines) is 2. The minimum absolute atomic E-state index is 0.236. The predicted octanol–water partition coefficient (Wildman–Crippen LogP) is 3.46. The maximum absolute atomic E-state index is 12.5. The SMILES string of the molecule is O=C(CCC1CCN(Cc2cccnc2)CC1)N[C@@H]1CCN(Cc2ccccc2)C1. The summed E-state index contributed by atoms with van der Waals surface area (Å²) in [7, 11) is 0. The second-order valence-corrected chi connectivity index (χ2v) is 8.89. The van der Waals surface area contributed by atoms with Gasteiger partial charge < -0.3 is 5.32 Å². The number of carbonyl (C=O) groups excluding carboxylic acids is 1. The Kier molecular flexibility index (Phi) is 7.49. The lowest BCUT2D eigenvalue weighted by molar-refractivity contribution is -0.122. The van der Waals surface area contributed by atoms with Gasteiger partial charge in [0.1, 0.15) is 0 Å². The van der Waals surface area contributed by atoms with Gasteiger partial charge in [0.15, 0.2) is 0 Å². The van der Waals surface area contributed by atoms with Gasteiger partial charge in [-0.05, 0) is 61.9 Å². The van der Waals surface area contributed by atoms with Crippen molar-refractivity contribution in [1.29, 1.82) is 0 Å². The summed E-state index contributed by atoms with van der Waals surface area (Å²) >= 11 is 0. The predicted molar refractivity (Wildman–Crippen MR) is 120 cm³/mol. The van der Waals surface area contributed by atoms with E-state index in [2.05, 4.69) is 56.5 Å². The van der Waals surface area contributed by atoms with Crippen molar-refractivity contribution in [3.05, 3.63) is 66.0 Å². The first kappa shape index (κ1) is 21.0. The van der Waals surface area contributed by atoms with E-state index in [1.165, 1.54) is 24.0 Å². The molecular formula is C25H34N4O. The molecule has 160 valence electrons. The average Bonchev–Trinajstić information content (AvgIpc) is 3.21. The van der Waals surface area contributed by atoms with Crippen LogP contribution in [0.5, 0.6) is 0 Å². The van der Waals surface area contributed by atoms with Crippen LogP contribution < -0.4 is 5.32 Å². The van der Waals surface area contributed by atoms with Crippen molar-refractivity contribution in [2.45, 2.75) is 51.2 Å². The molecule has 0 radical (unpaired) electrons. The van der Waals surface area contributed by atoms with Crippen molar-refractivity contribution in [3.8, 4) is 0 Å². The number of hydrogen-bond donors (Lipinski definition) is 1. The van der Waals surface area contributed by atoms with Crippen molar-refractivity contribution >= 4 is 5.91 Å². The summed E-state index contributed by atoms with van der Waals surface area (Å²) in [6, 6.07) is 15.0. The van der Waals surface area contributed by atoms with Crippen molar-refractivity contribution in [3.63, 3.8) is 0 Å². The highest BCUT2D eigenvalue weighted by molar-refractivity contribution is 5.76. The number of nitrogens with zero attached hydrogens (tertiary/aromatic N) is 3. The van der Waals surface area contributed by atoms with E-state index in [0.717, 1.165) is 52.1 Å². The number of aromatic nitrogens is 1. The molecule has 2 aliphatic rings. The Morgan fingerprint density at radius 3 is 2.43 bits per heavy atom. The highest BCUT2D eigenvalue weighted by atomic mass is 16.1. The average molecular weight is 407 g/mol. The van der Waals surface area contributed by atoms with Crippen LogP contribution in [0.3, 0.4) is 0 Å². The molecule has 1 amide bonds. The molecule has 5 nitrogen and oxygen atoms in total. The molecule has 5 heteroatoms. The van der Waals surface area contributed by atoms with Gasteiger partial charge in [0.25, 0.3) is 0 Å². The van der Waals surface area contributed by atoms with Gasteiger partial charge in [-0.15, -0.1) is 0 Å². The Balaban J connectivity index is 1.11. The molecule has 3 heterocycles. The van der Waals surface area contributed by atoms with Crippen LogP contribution in [0.4, 0.5) is 0 Å². The van der Waals surface area contributed by atoms with Crippen LogP contribution in [0.1, 0.15) is 43.2 Å². The Morgan fingerprint density at radius 1 is 0.933 bits per heavy atom. The Hall–Kier alpha value is -2.24. The maximum atomic E-state index is 12.5. The number of pyridine rings is 1. The van der Waals surface area contributed by atoms with Gasteiger partial charge in [0.05, 0.1) is 0 Å². The molecule has 4 rings (SSSR count). The van der Waals surface area contributed by atoms with E-state index in [-0.39, 0.29) is 5.91 Å². The molecule has 2 aromatic rings. The van der Waals surface area contributed by atoms with Gasteiger partial charge in [-0.25, -0.2) is 0 Å². The largest absolute Gasteiger partial charge is 0.352 e. The molecule has 0 saturated carbocycles. The zero-order chi connectivity index (χ0) is 20.6. The third kappa shape index (κ3) is 6.38. The molecule has 30 heavy (non-hydrogen) atoms. The molecule has 0 bridgehead atoms. The van der Waals surface area contributed by atoms with E-state index in [0.29, 0.717) is 18.4 Å². The minimum atomic E-state index is 0.236. The highest BCUT2D eigenvalue weighted by Crippen LogP contribution is 2.23. The minimum Gasteiger partial charge on any atom is -0.352 e. The van der Waals surface area contributed by atoms with Crippen LogP contribution in [0.15, 0.2) is 54.9 Å². The summed E-state index contributed by atoms with van der Waals surface area (Å²) < 4.78 is 0. The van der Waals surface area contributed by atoms with Gasteiger partial charge in [0, 0.05) is 51.0 Å². The summed E-state index contributed by atoms with van der Waals surface area (Å²) in [5, 5.41) is 3.28. The molecule has 2 saturated heterocycles. The Bertz CT molecular complexity index is 774. The van der Waals surface area contributed by atoms with Crippen molar-refractivity contribution in [2.24, 2.45) is 5.92 Å². The number of carbonyl (C=O) groups is 1. The van der Waals surface area contributed by atoms with E-state index < -0.39 is 0 Å². The zero-order valence-electron chi connectivity index (χ0n) is 17.9. The molecule has 1 aromatic carbocycles. The second kappa shape index (κ2) is 10.7. The third-order valence-corrected chi connectivity index (χ3v) is 6.50. The number of rotatable bonds is 8. The van der Waals surface area contributed by atoms with Gasteiger partial charge in [-0.2, -0.15) is 0 Å². The van der Waals surface area contributed by atoms with Gasteiger partial charge in [-0.3, -0.25) is 19.6 Å². The molecular weight excluding hydrogens is 372 g/mol. The lowest BCUT2D eigenvalue weighted by atomic mass is 9.92. The smallest absolute Gasteiger partial charge is 0.220 e. The molecule has 1 atom stereocenters. The van der Waals surface area contributed by atoms with Crippen LogP contribution in [0.2, 0.25) is 0 Å². The fourth-order valence-corrected chi connectivity index (χ4v) is 4.75. The van der Waals surface area contributed by atoms with E-state index in [4.69, 9.17) is 0 Å². The van der Waals surface area contributed by atoms with Crippen molar-refractivity contribution in [1.82, 2.24) is 20.1 Å². The van der Waals surface area contributed by atoms with Crippen LogP contribution in [-0.2, 0) is 17.9 Å². The lowest BCUT2D eigenvalue weighted by Gasteiger charge is -2.31. The molecule has 0 aliphatic carbocycles. The first-order valence-electron chi connectivity index (χ1n) is 11.4. The van der Waals surface area contributed by atoms with Crippen LogP contribution >= 0.6 is 0 Å². The number of amides is 1. The zero-order valence-corrected chi connectivity index (χ0v) is 17.9. The topological polar surface area (TPSA) is 48.5 Å². The third-order valence-electron chi connectivity index (χ3n) is 6.50. The molecule has 0 spiro atoms. The molecule has 2 aliphatic heterocycles. The molecule has 2 fully saturated rings. The van der Waals surface area contributed by atoms with E-state index in [9.17, 15) is 4.79 Å². The normalized spacial score (nSPS) is 21.0. The summed E-state index contributed by atoms with van der Waals surface area (Å²) in [5.41, 5.74) is 2.63. The van der Waals surface area contributed by atoms with Crippen LogP contribution in [0, 0.1) is 5.92 Å². The number of hydrogen-bond acceptors (Lipinski definition) is 4. The number of benzene rings is 1. The lowest BCUT2D eigenvalue weighted by Crippen LogP contribution is -2.37. The molecule has 1 N–H and O–H groups in total. The summed E-state index contributed by atoms with van der Waals surface area (Å²) in [4.78, 5) is 21.6. The number of nitrogens with one attached hydrogen (secondary N) is 1. The van der Waals surface area contributed by atoms with Crippen LogP contribution in [-0.4, -0.2) is 52.9 Å². The summed E-state index contributed by atoms with van der Waals surface area (Å²) in [5.74, 6) is 0.915. The van der Waals surface area contributed by atoms with Gasteiger partial charge in [-0.1, -0.05) is 36.4 Å². The Labute approximate surface area is 180 Å². The van der Waals surface area contributed by atoms with E-state index in [1.807, 2.05) is 18.5 Å². The highest BCUT2D eigenvalue weighted by Gasteiger charge is 2.25. The van der Waals surface area contributed by atoms with Gasteiger partial charge >= 0.3 is 0 Å². The molecule has 0 unspecified atom stereocenters. The summed E-state index contributed by atoms with van der Waals surface area (Å²) in [6.45, 7) is 6.24. The monoisotopic (exact) mass is 406 g/mol. The summed E-state index contributed by atoms with van der Waals surface area (Å²) in [6.07, 6.45) is 8.93. The van der Waals surface area contributed by atoms with E-state index >= 15 is 0 Å². The fourth-order valence-electron chi connectivity index (χ4n) is 4.75. The second-order valence-electron chi connectivity index (χ2n) is 8.89.